The van der Waals surface area contributed by atoms with E-state index in [-0.39, 0.29) is 15.5 Å². The molecule has 0 saturated heterocycles. The predicted octanol–water partition coefficient (Wildman–Crippen LogP) is 3.99. The number of nitrogens with zero attached hydrogens (tertiary/aromatic N) is 2. The molecule has 8 heteroatoms. The first-order valence-corrected chi connectivity index (χ1v) is 6.74. The highest BCUT2D eigenvalue weighted by Crippen LogP contribution is 2.30. The van der Waals surface area contributed by atoms with E-state index in [9.17, 15) is 26.7 Å². The van der Waals surface area contributed by atoms with Crippen molar-refractivity contribution in [3.05, 3.63) is 69.8 Å². The molecule has 1 aromatic heterocycles. The SMILES string of the molecule is Cc1ccc2nc(C(F)(F)F)n(-c3ccc(F)c(F)c3)c(=O)c2c1. The fourth-order valence-electron chi connectivity index (χ4n) is 2.35. The van der Waals surface area contributed by atoms with E-state index in [0.29, 0.717) is 17.7 Å². The van der Waals surface area contributed by atoms with Crippen LogP contribution in [-0.2, 0) is 6.18 Å². The minimum absolute atomic E-state index is 0.0484. The normalized spacial score (nSPS) is 11.9. The van der Waals surface area contributed by atoms with Crippen molar-refractivity contribution < 1.29 is 22.0 Å². The van der Waals surface area contributed by atoms with E-state index < -0.39 is 34.9 Å². The lowest BCUT2D eigenvalue weighted by Gasteiger charge is -2.16. The molecule has 0 spiro atoms. The molecule has 3 aromatic rings. The van der Waals surface area contributed by atoms with Crippen LogP contribution in [0.2, 0.25) is 0 Å². The third kappa shape index (κ3) is 2.64. The van der Waals surface area contributed by atoms with Gasteiger partial charge in [-0.1, -0.05) is 11.6 Å². The first-order valence-electron chi connectivity index (χ1n) is 6.74. The first-order chi connectivity index (χ1) is 11.2. The monoisotopic (exact) mass is 340 g/mol. The Morgan fingerprint density at radius 1 is 1.00 bits per heavy atom. The number of hydrogen-bond acceptors (Lipinski definition) is 2. The molecule has 3 rings (SSSR count). The molecule has 0 atom stereocenters. The molecule has 24 heavy (non-hydrogen) atoms. The van der Waals surface area contributed by atoms with Crippen molar-refractivity contribution in [1.82, 2.24) is 9.55 Å². The molecular formula is C16H9F5N2O. The molecule has 0 bridgehead atoms. The van der Waals surface area contributed by atoms with Gasteiger partial charge in [0.15, 0.2) is 11.6 Å². The van der Waals surface area contributed by atoms with Gasteiger partial charge in [-0.25, -0.2) is 13.8 Å². The smallest absolute Gasteiger partial charge is 0.268 e. The molecule has 3 nitrogen and oxygen atoms in total. The van der Waals surface area contributed by atoms with Crippen LogP contribution in [0, 0.1) is 18.6 Å². The Kier molecular flexibility index (Phi) is 3.62. The Morgan fingerprint density at radius 3 is 2.33 bits per heavy atom. The van der Waals surface area contributed by atoms with Crippen LogP contribution < -0.4 is 5.56 Å². The fourth-order valence-corrected chi connectivity index (χ4v) is 2.35. The number of rotatable bonds is 1. The summed E-state index contributed by atoms with van der Waals surface area (Å²) in [5.74, 6) is -4.10. The van der Waals surface area contributed by atoms with Crippen LogP contribution >= 0.6 is 0 Å². The molecule has 2 aromatic carbocycles. The molecule has 0 aliphatic rings. The lowest BCUT2D eigenvalue weighted by molar-refractivity contribution is -0.146. The number of aromatic nitrogens is 2. The Labute approximate surface area is 132 Å². The van der Waals surface area contributed by atoms with Gasteiger partial charge in [-0.2, -0.15) is 13.2 Å². The Morgan fingerprint density at radius 2 is 1.71 bits per heavy atom. The van der Waals surface area contributed by atoms with E-state index in [0.717, 1.165) is 6.07 Å². The third-order valence-electron chi connectivity index (χ3n) is 3.44. The van der Waals surface area contributed by atoms with Gasteiger partial charge in [0.25, 0.3) is 5.56 Å². The van der Waals surface area contributed by atoms with Crippen molar-refractivity contribution in [2.45, 2.75) is 13.1 Å². The van der Waals surface area contributed by atoms with E-state index in [4.69, 9.17) is 0 Å². The maximum absolute atomic E-state index is 13.4. The van der Waals surface area contributed by atoms with Gasteiger partial charge in [-0.3, -0.25) is 9.36 Å². The zero-order chi connectivity index (χ0) is 17.6. The highest BCUT2D eigenvalue weighted by molar-refractivity contribution is 5.78. The van der Waals surface area contributed by atoms with Crippen LogP contribution in [0.5, 0.6) is 0 Å². The van der Waals surface area contributed by atoms with Gasteiger partial charge < -0.3 is 0 Å². The van der Waals surface area contributed by atoms with Crippen LogP contribution in [0.3, 0.4) is 0 Å². The van der Waals surface area contributed by atoms with Crippen molar-refractivity contribution in [1.29, 1.82) is 0 Å². The summed E-state index contributed by atoms with van der Waals surface area (Å²) in [5, 5.41) is -0.0484. The molecule has 0 fully saturated rings. The van der Waals surface area contributed by atoms with Gasteiger partial charge in [0.05, 0.1) is 16.6 Å². The van der Waals surface area contributed by atoms with Gasteiger partial charge in [-0.05, 0) is 31.2 Å². The molecule has 0 N–H and O–H groups in total. The second-order valence-corrected chi connectivity index (χ2v) is 5.19. The summed E-state index contributed by atoms with van der Waals surface area (Å²) in [6.45, 7) is 1.67. The first kappa shape index (κ1) is 16.1. The van der Waals surface area contributed by atoms with E-state index in [1.807, 2.05) is 0 Å². The zero-order valence-electron chi connectivity index (χ0n) is 12.2. The summed E-state index contributed by atoms with van der Waals surface area (Å²) < 4.78 is 66.6. The molecule has 1 heterocycles. The van der Waals surface area contributed by atoms with Crippen LogP contribution in [0.25, 0.3) is 16.6 Å². The van der Waals surface area contributed by atoms with E-state index in [2.05, 4.69) is 4.98 Å². The Balaban J connectivity index is 2.45. The molecule has 0 unspecified atom stereocenters. The topological polar surface area (TPSA) is 34.9 Å². The summed E-state index contributed by atoms with van der Waals surface area (Å²) in [6, 6.07) is 6.28. The molecule has 0 aliphatic carbocycles. The maximum Gasteiger partial charge on any atom is 0.450 e. The van der Waals surface area contributed by atoms with Crippen LogP contribution in [-0.4, -0.2) is 9.55 Å². The summed E-state index contributed by atoms with van der Waals surface area (Å²) >= 11 is 0. The van der Waals surface area contributed by atoms with E-state index in [1.54, 1.807) is 6.92 Å². The summed E-state index contributed by atoms with van der Waals surface area (Å²) in [7, 11) is 0. The van der Waals surface area contributed by atoms with Crippen molar-refractivity contribution in [2.24, 2.45) is 0 Å². The van der Waals surface area contributed by atoms with Crippen LogP contribution in [0.1, 0.15) is 11.4 Å². The highest BCUT2D eigenvalue weighted by atomic mass is 19.4. The fraction of sp³-hybridized carbons (Fsp3) is 0.125. The van der Waals surface area contributed by atoms with Crippen LogP contribution in [0.15, 0.2) is 41.2 Å². The Bertz CT molecular complexity index is 1010. The van der Waals surface area contributed by atoms with Crippen molar-refractivity contribution in [3.8, 4) is 5.69 Å². The summed E-state index contributed by atoms with van der Waals surface area (Å²) in [4.78, 5) is 16.1. The predicted molar refractivity (Wildman–Crippen MR) is 77.0 cm³/mol. The Hall–Kier alpha value is -2.77. The third-order valence-corrected chi connectivity index (χ3v) is 3.44. The van der Waals surface area contributed by atoms with Crippen molar-refractivity contribution in [2.75, 3.05) is 0 Å². The average molecular weight is 340 g/mol. The number of aryl methyl sites for hydroxylation is 1. The van der Waals surface area contributed by atoms with E-state index in [1.165, 1.54) is 18.2 Å². The second-order valence-electron chi connectivity index (χ2n) is 5.19. The standard InChI is InChI=1S/C16H9F5N2O/c1-8-2-5-13-10(6-8)14(24)23(15(22-13)16(19,20)21)9-3-4-11(17)12(18)7-9/h2-7H,1H3. The number of benzene rings is 2. The molecule has 0 aliphatic heterocycles. The summed E-state index contributed by atoms with van der Waals surface area (Å²) in [5.41, 5.74) is -0.945. The van der Waals surface area contributed by atoms with Crippen LogP contribution in [0.4, 0.5) is 22.0 Å². The highest BCUT2D eigenvalue weighted by Gasteiger charge is 2.38. The molecule has 0 saturated carbocycles. The number of fused-ring (bicyclic) bond motifs is 1. The molecule has 0 amide bonds. The molecule has 124 valence electrons. The minimum atomic E-state index is -4.96. The van der Waals surface area contributed by atoms with Crippen molar-refractivity contribution >= 4 is 10.9 Å². The number of halogens is 5. The average Bonchev–Trinajstić information content (AvgIpc) is 2.50. The lowest BCUT2D eigenvalue weighted by atomic mass is 10.1. The second kappa shape index (κ2) is 5.40. The zero-order valence-corrected chi connectivity index (χ0v) is 12.2. The largest absolute Gasteiger partial charge is 0.450 e. The van der Waals surface area contributed by atoms with E-state index >= 15 is 0 Å². The summed E-state index contributed by atoms with van der Waals surface area (Å²) in [6.07, 6.45) is -4.96. The maximum atomic E-state index is 13.4. The molecular weight excluding hydrogens is 331 g/mol. The van der Waals surface area contributed by atoms with Gasteiger partial charge in [0.2, 0.25) is 5.82 Å². The van der Waals surface area contributed by atoms with Gasteiger partial charge in [0, 0.05) is 6.07 Å². The number of hydrogen-bond donors (Lipinski definition) is 0. The van der Waals surface area contributed by atoms with Gasteiger partial charge >= 0.3 is 6.18 Å². The minimum Gasteiger partial charge on any atom is -0.268 e. The van der Waals surface area contributed by atoms with Crippen molar-refractivity contribution in [3.63, 3.8) is 0 Å². The lowest BCUT2D eigenvalue weighted by Crippen LogP contribution is -2.29. The van der Waals surface area contributed by atoms with Gasteiger partial charge in [-0.15, -0.1) is 0 Å². The number of alkyl halides is 3. The van der Waals surface area contributed by atoms with Gasteiger partial charge in [0.1, 0.15) is 0 Å². The quantitative estimate of drug-likeness (QED) is 0.628. The molecule has 0 radical (unpaired) electrons.